The number of rotatable bonds is 6. The van der Waals surface area contributed by atoms with E-state index in [0.717, 1.165) is 23.0 Å². The summed E-state index contributed by atoms with van der Waals surface area (Å²) in [5, 5.41) is 0.888. The van der Waals surface area contributed by atoms with Gasteiger partial charge in [0.1, 0.15) is 0 Å². The molecule has 0 fully saturated rings. The molecule has 0 aromatic heterocycles. The average molecular weight is 343 g/mol. The van der Waals surface area contributed by atoms with E-state index in [1.807, 2.05) is 0 Å². The molecule has 24 heavy (non-hydrogen) atoms. The van der Waals surface area contributed by atoms with Crippen molar-refractivity contribution in [1.82, 2.24) is 5.06 Å². The SMILES string of the molecule is CC1=CC=C(CSCCON2C(=O)c3ccccc3C2=O)CC1C. The van der Waals surface area contributed by atoms with E-state index in [-0.39, 0.29) is 11.8 Å². The number of allylic oxidation sites excluding steroid dienone is 3. The van der Waals surface area contributed by atoms with Crippen LogP contribution in [0.4, 0.5) is 0 Å². The van der Waals surface area contributed by atoms with Crippen molar-refractivity contribution in [2.75, 3.05) is 18.1 Å². The second-order valence-corrected chi connectivity index (χ2v) is 7.28. The van der Waals surface area contributed by atoms with Crippen molar-refractivity contribution in [3.05, 3.63) is 58.7 Å². The van der Waals surface area contributed by atoms with E-state index in [9.17, 15) is 9.59 Å². The lowest BCUT2D eigenvalue weighted by molar-refractivity contribution is -0.0852. The molecular weight excluding hydrogens is 322 g/mol. The van der Waals surface area contributed by atoms with Crippen molar-refractivity contribution < 1.29 is 14.4 Å². The van der Waals surface area contributed by atoms with Gasteiger partial charge in [-0.2, -0.15) is 11.8 Å². The molecule has 3 rings (SSSR count). The third-order valence-corrected chi connectivity index (χ3v) is 5.45. The molecule has 0 N–H and O–H groups in total. The molecular formula is C19H21NO3S. The van der Waals surface area contributed by atoms with Crippen molar-refractivity contribution in [3.63, 3.8) is 0 Å². The Bertz CT molecular complexity index is 688. The minimum Gasteiger partial charge on any atom is -0.266 e. The third-order valence-electron chi connectivity index (χ3n) is 4.42. The monoisotopic (exact) mass is 343 g/mol. The normalized spacial score (nSPS) is 20.1. The van der Waals surface area contributed by atoms with Gasteiger partial charge >= 0.3 is 0 Å². The highest BCUT2D eigenvalue weighted by molar-refractivity contribution is 7.99. The maximum Gasteiger partial charge on any atom is 0.285 e. The average Bonchev–Trinajstić information content (AvgIpc) is 2.83. The topological polar surface area (TPSA) is 46.6 Å². The zero-order valence-corrected chi connectivity index (χ0v) is 14.8. The van der Waals surface area contributed by atoms with Gasteiger partial charge in [-0.1, -0.05) is 42.4 Å². The number of hydrogen-bond donors (Lipinski definition) is 0. The Morgan fingerprint density at radius 1 is 1.17 bits per heavy atom. The van der Waals surface area contributed by atoms with Crippen molar-refractivity contribution in [2.24, 2.45) is 5.92 Å². The first-order valence-corrected chi connectivity index (χ1v) is 9.28. The molecule has 5 heteroatoms. The minimum atomic E-state index is -0.370. The van der Waals surface area contributed by atoms with Gasteiger partial charge in [0.25, 0.3) is 11.8 Å². The molecule has 4 nitrogen and oxygen atoms in total. The lowest BCUT2D eigenvalue weighted by Gasteiger charge is -2.19. The molecule has 1 aliphatic heterocycles. The number of hydroxylamine groups is 2. The largest absolute Gasteiger partial charge is 0.285 e. The standard InChI is InChI=1S/C19H21NO3S/c1-13-7-8-15(11-14(13)2)12-24-10-9-23-20-18(21)16-5-3-4-6-17(16)19(20)22/h3-8,14H,9-12H2,1-2H3. The Morgan fingerprint density at radius 3 is 2.46 bits per heavy atom. The van der Waals surface area contributed by atoms with Gasteiger partial charge in [0, 0.05) is 11.5 Å². The molecule has 126 valence electrons. The highest BCUT2D eigenvalue weighted by Gasteiger charge is 2.36. The Balaban J connectivity index is 1.44. The van der Waals surface area contributed by atoms with Crippen LogP contribution in [0.15, 0.2) is 47.6 Å². The van der Waals surface area contributed by atoms with Crippen LogP contribution < -0.4 is 0 Å². The molecule has 1 heterocycles. The molecule has 1 unspecified atom stereocenters. The number of imide groups is 1. The lowest BCUT2D eigenvalue weighted by Crippen LogP contribution is -2.30. The number of amides is 2. The van der Waals surface area contributed by atoms with Gasteiger partial charge < -0.3 is 0 Å². The van der Waals surface area contributed by atoms with Crippen LogP contribution in [0.3, 0.4) is 0 Å². The van der Waals surface area contributed by atoms with E-state index < -0.39 is 0 Å². The molecule has 2 aliphatic rings. The summed E-state index contributed by atoms with van der Waals surface area (Å²) in [6.07, 6.45) is 5.50. The summed E-state index contributed by atoms with van der Waals surface area (Å²) in [6.45, 7) is 4.75. The van der Waals surface area contributed by atoms with E-state index in [2.05, 4.69) is 26.0 Å². The van der Waals surface area contributed by atoms with Gasteiger partial charge in [-0.15, -0.1) is 5.06 Å². The molecule has 1 atom stereocenters. The zero-order valence-electron chi connectivity index (χ0n) is 14.0. The number of nitrogens with zero attached hydrogens (tertiary/aromatic N) is 1. The fourth-order valence-electron chi connectivity index (χ4n) is 2.82. The summed E-state index contributed by atoms with van der Waals surface area (Å²) in [7, 11) is 0. The second kappa shape index (κ2) is 7.36. The quantitative estimate of drug-likeness (QED) is 0.581. The molecule has 1 aromatic carbocycles. The third kappa shape index (κ3) is 3.47. The smallest absolute Gasteiger partial charge is 0.266 e. The highest BCUT2D eigenvalue weighted by Crippen LogP contribution is 2.27. The fourth-order valence-corrected chi connectivity index (χ4v) is 3.63. The van der Waals surface area contributed by atoms with E-state index in [4.69, 9.17) is 4.84 Å². The molecule has 0 saturated heterocycles. The van der Waals surface area contributed by atoms with Gasteiger partial charge in [0.2, 0.25) is 0 Å². The van der Waals surface area contributed by atoms with Crippen LogP contribution in [-0.4, -0.2) is 35.0 Å². The van der Waals surface area contributed by atoms with Crippen LogP contribution in [0.5, 0.6) is 0 Å². The Labute approximate surface area is 146 Å². The number of carbonyl (C=O) groups is 2. The van der Waals surface area contributed by atoms with Crippen molar-refractivity contribution in [3.8, 4) is 0 Å². The van der Waals surface area contributed by atoms with Crippen LogP contribution in [0, 0.1) is 5.92 Å². The van der Waals surface area contributed by atoms with Gasteiger partial charge in [-0.05, 0) is 31.4 Å². The van der Waals surface area contributed by atoms with Crippen LogP contribution in [0.2, 0.25) is 0 Å². The highest BCUT2D eigenvalue weighted by atomic mass is 32.2. The molecule has 2 amide bonds. The number of hydrogen-bond acceptors (Lipinski definition) is 4. The molecule has 1 aromatic rings. The predicted octanol–water partition coefficient (Wildman–Crippen LogP) is 3.86. The number of benzene rings is 1. The maximum absolute atomic E-state index is 12.1. The zero-order chi connectivity index (χ0) is 17.1. The number of fused-ring (bicyclic) bond motifs is 1. The van der Waals surface area contributed by atoms with Gasteiger partial charge in [0.15, 0.2) is 0 Å². The minimum absolute atomic E-state index is 0.341. The number of thioether (sulfide) groups is 1. The van der Waals surface area contributed by atoms with Crippen molar-refractivity contribution in [2.45, 2.75) is 20.3 Å². The lowest BCUT2D eigenvalue weighted by atomic mass is 9.90. The Hall–Kier alpha value is -1.85. The van der Waals surface area contributed by atoms with E-state index in [1.165, 1.54) is 11.1 Å². The second-order valence-electron chi connectivity index (χ2n) is 6.18. The van der Waals surface area contributed by atoms with Crippen LogP contribution >= 0.6 is 11.8 Å². The van der Waals surface area contributed by atoms with Gasteiger partial charge in [-0.25, -0.2) is 0 Å². The van der Waals surface area contributed by atoms with Crippen LogP contribution in [-0.2, 0) is 4.84 Å². The van der Waals surface area contributed by atoms with Crippen molar-refractivity contribution >= 4 is 23.6 Å². The van der Waals surface area contributed by atoms with Crippen LogP contribution in [0.25, 0.3) is 0 Å². The Morgan fingerprint density at radius 2 is 1.83 bits per heavy atom. The van der Waals surface area contributed by atoms with Crippen LogP contribution in [0.1, 0.15) is 41.0 Å². The number of carbonyl (C=O) groups excluding carboxylic acids is 2. The first-order valence-electron chi connectivity index (χ1n) is 8.12. The summed E-state index contributed by atoms with van der Waals surface area (Å²) in [5.41, 5.74) is 3.69. The Kier molecular flexibility index (Phi) is 5.21. The predicted molar refractivity (Wildman–Crippen MR) is 95.8 cm³/mol. The van der Waals surface area contributed by atoms with Gasteiger partial charge in [0.05, 0.1) is 17.7 Å². The molecule has 1 aliphatic carbocycles. The van der Waals surface area contributed by atoms with E-state index in [0.29, 0.717) is 23.7 Å². The first-order chi connectivity index (χ1) is 11.6. The molecule has 0 saturated carbocycles. The fraction of sp³-hybridized carbons (Fsp3) is 0.368. The van der Waals surface area contributed by atoms with Gasteiger partial charge in [-0.3, -0.25) is 14.4 Å². The first kappa shape index (κ1) is 17.0. The van der Waals surface area contributed by atoms with E-state index in [1.54, 1.807) is 36.0 Å². The van der Waals surface area contributed by atoms with E-state index >= 15 is 0 Å². The summed E-state index contributed by atoms with van der Waals surface area (Å²) in [5.74, 6) is 1.57. The summed E-state index contributed by atoms with van der Waals surface area (Å²) < 4.78 is 0. The van der Waals surface area contributed by atoms with Crippen molar-refractivity contribution in [1.29, 1.82) is 0 Å². The molecule has 0 spiro atoms. The molecule has 0 radical (unpaired) electrons. The summed E-state index contributed by atoms with van der Waals surface area (Å²) >= 11 is 1.76. The maximum atomic E-state index is 12.1. The summed E-state index contributed by atoms with van der Waals surface area (Å²) in [6, 6.07) is 6.80. The molecule has 0 bridgehead atoms. The summed E-state index contributed by atoms with van der Waals surface area (Å²) in [4.78, 5) is 29.7.